The Labute approximate surface area is 103 Å². The lowest BCUT2D eigenvalue weighted by atomic mass is 10.2. The van der Waals surface area contributed by atoms with Crippen LogP contribution in [0, 0.1) is 0 Å². The lowest BCUT2D eigenvalue weighted by Gasteiger charge is -2.04. The number of nitrogens with one attached hydrogen (secondary N) is 1. The van der Waals surface area contributed by atoms with Gasteiger partial charge >= 0.3 is 0 Å². The molecule has 1 aromatic heterocycles. The molecule has 2 heterocycles. The summed E-state index contributed by atoms with van der Waals surface area (Å²) in [6.07, 6.45) is 1.57. The average Bonchev–Trinajstić information content (AvgIpc) is 3.05. The number of benzene rings is 1. The fourth-order valence-corrected chi connectivity index (χ4v) is 1.72. The van der Waals surface area contributed by atoms with Crippen LogP contribution in [0.5, 0.6) is 11.5 Å². The number of carbonyl (C=O) groups is 1. The predicted molar refractivity (Wildman–Crippen MR) is 62.4 cm³/mol. The summed E-state index contributed by atoms with van der Waals surface area (Å²) in [5.41, 5.74) is 0.533. The van der Waals surface area contributed by atoms with E-state index in [0.29, 0.717) is 29.4 Å². The van der Waals surface area contributed by atoms with Gasteiger partial charge in [-0.25, -0.2) is 0 Å². The molecule has 5 nitrogen and oxygen atoms in total. The Morgan fingerprint density at radius 1 is 1.22 bits per heavy atom. The Kier molecular flexibility index (Phi) is 2.64. The van der Waals surface area contributed by atoms with Crippen LogP contribution in [0.2, 0.25) is 0 Å². The van der Waals surface area contributed by atoms with E-state index in [1.165, 1.54) is 0 Å². The number of hydrogen-bond acceptors (Lipinski definition) is 4. The van der Waals surface area contributed by atoms with E-state index in [-0.39, 0.29) is 12.7 Å². The largest absolute Gasteiger partial charge is 0.467 e. The molecule has 0 saturated heterocycles. The number of furan rings is 1. The summed E-state index contributed by atoms with van der Waals surface area (Å²) in [6.45, 7) is 0.563. The minimum absolute atomic E-state index is 0.176. The van der Waals surface area contributed by atoms with Gasteiger partial charge in [0.2, 0.25) is 6.79 Å². The first-order valence-corrected chi connectivity index (χ1v) is 5.53. The molecule has 0 atom stereocenters. The Morgan fingerprint density at radius 3 is 2.94 bits per heavy atom. The highest BCUT2D eigenvalue weighted by Gasteiger charge is 2.16. The maximum Gasteiger partial charge on any atom is 0.251 e. The van der Waals surface area contributed by atoms with E-state index in [0.717, 1.165) is 0 Å². The molecule has 0 spiro atoms. The summed E-state index contributed by atoms with van der Waals surface area (Å²) in [5.74, 6) is 1.80. The smallest absolute Gasteiger partial charge is 0.251 e. The minimum atomic E-state index is -0.176. The SMILES string of the molecule is O=C(NCc1ccco1)c1ccc2c(c1)OCO2. The quantitative estimate of drug-likeness (QED) is 0.897. The minimum Gasteiger partial charge on any atom is -0.467 e. The van der Waals surface area contributed by atoms with Gasteiger partial charge in [0.15, 0.2) is 11.5 Å². The molecule has 1 aliphatic rings. The molecule has 1 amide bonds. The normalized spacial score (nSPS) is 12.4. The van der Waals surface area contributed by atoms with Crippen LogP contribution in [-0.4, -0.2) is 12.7 Å². The molecule has 92 valence electrons. The van der Waals surface area contributed by atoms with Gasteiger partial charge in [0.1, 0.15) is 5.76 Å². The summed E-state index contributed by atoms with van der Waals surface area (Å²) in [6, 6.07) is 8.68. The average molecular weight is 245 g/mol. The number of ether oxygens (including phenoxy) is 2. The van der Waals surface area contributed by atoms with Crippen molar-refractivity contribution in [1.82, 2.24) is 5.32 Å². The van der Waals surface area contributed by atoms with Gasteiger partial charge in [-0.05, 0) is 30.3 Å². The molecule has 0 bridgehead atoms. The third-order valence-corrected chi connectivity index (χ3v) is 2.64. The Bertz CT molecular complexity index is 562. The Hall–Kier alpha value is -2.43. The van der Waals surface area contributed by atoms with Gasteiger partial charge in [0.25, 0.3) is 5.91 Å². The molecule has 18 heavy (non-hydrogen) atoms. The van der Waals surface area contributed by atoms with E-state index < -0.39 is 0 Å². The van der Waals surface area contributed by atoms with Crippen molar-refractivity contribution in [3.05, 3.63) is 47.9 Å². The number of hydrogen-bond donors (Lipinski definition) is 1. The van der Waals surface area contributed by atoms with Crippen LogP contribution in [0.3, 0.4) is 0 Å². The first-order valence-electron chi connectivity index (χ1n) is 5.53. The second kappa shape index (κ2) is 4.44. The molecule has 0 radical (unpaired) electrons. The van der Waals surface area contributed by atoms with Crippen LogP contribution in [-0.2, 0) is 6.54 Å². The molecule has 1 aromatic carbocycles. The number of carbonyl (C=O) groups excluding carboxylic acids is 1. The lowest BCUT2D eigenvalue weighted by Crippen LogP contribution is -2.22. The van der Waals surface area contributed by atoms with Gasteiger partial charge in [-0.3, -0.25) is 4.79 Å². The highest BCUT2D eigenvalue weighted by molar-refractivity contribution is 5.94. The van der Waals surface area contributed by atoms with Gasteiger partial charge in [0.05, 0.1) is 12.8 Å². The molecule has 2 aromatic rings. The van der Waals surface area contributed by atoms with E-state index >= 15 is 0 Å². The molecular formula is C13H11NO4. The van der Waals surface area contributed by atoms with Crippen molar-refractivity contribution in [3.63, 3.8) is 0 Å². The second-order valence-corrected chi connectivity index (χ2v) is 3.83. The fraction of sp³-hybridized carbons (Fsp3) is 0.154. The van der Waals surface area contributed by atoms with Crippen molar-refractivity contribution in [2.45, 2.75) is 6.54 Å². The van der Waals surface area contributed by atoms with Crippen LogP contribution in [0.15, 0.2) is 41.0 Å². The van der Waals surface area contributed by atoms with Crippen LogP contribution >= 0.6 is 0 Å². The maximum absolute atomic E-state index is 11.9. The topological polar surface area (TPSA) is 60.7 Å². The zero-order valence-corrected chi connectivity index (χ0v) is 9.51. The molecule has 1 aliphatic heterocycles. The summed E-state index contributed by atoms with van der Waals surface area (Å²) in [7, 11) is 0. The lowest BCUT2D eigenvalue weighted by molar-refractivity contribution is 0.0947. The van der Waals surface area contributed by atoms with Gasteiger partial charge in [-0.1, -0.05) is 0 Å². The van der Waals surface area contributed by atoms with Crippen LogP contribution in [0.25, 0.3) is 0 Å². The number of fused-ring (bicyclic) bond motifs is 1. The molecule has 0 aliphatic carbocycles. The van der Waals surface area contributed by atoms with Crippen molar-refractivity contribution in [2.24, 2.45) is 0 Å². The zero-order chi connectivity index (χ0) is 12.4. The molecule has 1 N–H and O–H groups in total. The van der Waals surface area contributed by atoms with Crippen molar-refractivity contribution in [1.29, 1.82) is 0 Å². The van der Waals surface area contributed by atoms with Crippen molar-refractivity contribution in [2.75, 3.05) is 6.79 Å². The molecule has 5 heteroatoms. The summed E-state index contributed by atoms with van der Waals surface area (Å²) in [4.78, 5) is 11.9. The first-order chi connectivity index (χ1) is 8.83. The zero-order valence-electron chi connectivity index (χ0n) is 9.51. The van der Waals surface area contributed by atoms with E-state index in [9.17, 15) is 4.79 Å². The summed E-state index contributed by atoms with van der Waals surface area (Å²) < 4.78 is 15.5. The van der Waals surface area contributed by atoms with Crippen LogP contribution in [0.4, 0.5) is 0 Å². The van der Waals surface area contributed by atoms with Crippen molar-refractivity contribution >= 4 is 5.91 Å². The molecular weight excluding hydrogens is 234 g/mol. The third kappa shape index (κ3) is 2.02. The number of amides is 1. The predicted octanol–water partition coefficient (Wildman–Crippen LogP) is 1.94. The summed E-state index contributed by atoms with van der Waals surface area (Å²) in [5, 5.41) is 2.76. The maximum atomic E-state index is 11.9. The van der Waals surface area contributed by atoms with Crippen molar-refractivity contribution < 1.29 is 18.7 Å². The standard InChI is InChI=1S/C13H11NO4/c15-13(14-7-10-2-1-5-16-10)9-3-4-11-12(6-9)18-8-17-11/h1-6H,7-8H2,(H,14,15). The monoisotopic (exact) mass is 245 g/mol. The van der Waals surface area contributed by atoms with E-state index in [1.807, 2.05) is 0 Å². The van der Waals surface area contributed by atoms with Gasteiger partial charge in [-0.2, -0.15) is 0 Å². The van der Waals surface area contributed by atoms with E-state index in [4.69, 9.17) is 13.9 Å². The number of rotatable bonds is 3. The highest BCUT2D eigenvalue weighted by Crippen LogP contribution is 2.32. The van der Waals surface area contributed by atoms with Crippen LogP contribution in [0.1, 0.15) is 16.1 Å². The third-order valence-electron chi connectivity index (χ3n) is 2.64. The van der Waals surface area contributed by atoms with Crippen molar-refractivity contribution in [3.8, 4) is 11.5 Å². The van der Waals surface area contributed by atoms with Gasteiger partial charge < -0.3 is 19.2 Å². The summed E-state index contributed by atoms with van der Waals surface area (Å²) >= 11 is 0. The molecule has 0 unspecified atom stereocenters. The van der Waals surface area contributed by atoms with Crippen LogP contribution < -0.4 is 14.8 Å². The Balaban J connectivity index is 1.69. The van der Waals surface area contributed by atoms with Gasteiger partial charge in [-0.15, -0.1) is 0 Å². The van der Waals surface area contributed by atoms with E-state index in [2.05, 4.69) is 5.32 Å². The molecule has 3 rings (SSSR count). The first kappa shape index (κ1) is 10.7. The fourth-order valence-electron chi connectivity index (χ4n) is 1.72. The van der Waals surface area contributed by atoms with E-state index in [1.54, 1.807) is 36.6 Å². The molecule has 0 fully saturated rings. The Morgan fingerprint density at radius 2 is 2.11 bits per heavy atom. The molecule has 0 saturated carbocycles. The highest BCUT2D eigenvalue weighted by atomic mass is 16.7. The van der Waals surface area contributed by atoms with Gasteiger partial charge in [0, 0.05) is 5.56 Å². The second-order valence-electron chi connectivity index (χ2n) is 3.83.